The molecule has 1 aliphatic rings. The molecule has 7 heteroatoms. The second-order valence-electron chi connectivity index (χ2n) is 8.44. The highest BCUT2D eigenvalue weighted by molar-refractivity contribution is 5.78. The lowest BCUT2D eigenvalue weighted by Gasteiger charge is -2.32. The number of rotatable bonds is 7. The molecule has 0 saturated carbocycles. The molecule has 0 amide bonds. The van der Waals surface area contributed by atoms with Crippen molar-refractivity contribution in [3.05, 3.63) is 74.7 Å². The first-order chi connectivity index (χ1) is 15.0. The molecule has 1 fully saturated rings. The number of unbranched alkanes of at least 4 members (excludes halogenated alkanes) is 1. The van der Waals surface area contributed by atoms with Crippen LogP contribution >= 0.6 is 0 Å². The average Bonchev–Trinajstić information content (AvgIpc) is 2.75. The van der Waals surface area contributed by atoms with Crippen LogP contribution in [0.15, 0.2) is 52.1 Å². The third-order valence-electron chi connectivity index (χ3n) is 6.22. The largest absolute Gasteiger partial charge is 0.508 e. The van der Waals surface area contributed by atoms with E-state index in [4.69, 9.17) is 0 Å². The van der Waals surface area contributed by atoms with Crippen LogP contribution in [0, 0.1) is 11.7 Å². The number of nitrogens with zero attached hydrogens (tertiary/aromatic N) is 2. The molecule has 1 saturated heterocycles. The van der Waals surface area contributed by atoms with Gasteiger partial charge in [-0.1, -0.05) is 12.1 Å². The average molecular weight is 426 g/mol. The molecule has 0 unspecified atom stereocenters. The van der Waals surface area contributed by atoms with Gasteiger partial charge in [-0.2, -0.15) is 0 Å². The molecule has 4 rings (SSSR count). The van der Waals surface area contributed by atoms with E-state index in [2.05, 4.69) is 9.88 Å². The van der Waals surface area contributed by atoms with E-state index < -0.39 is 5.69 Å². The number of hydrogen-bond donors (Lipinski definition) is 2. The fraction of sp³-hybridized carbons (Fsp3) is 0.417. The van der Waals surface area contributed by atoms with Crippen LogP contribution in [0.1, 0.15) is 31.2 Å². The summed E-state index contributed by atoms with van der Waals surface area (Å²) in [6.07, 6.45) is 4.94. The normalized spacial score (nSPS) is 15.5. The summed E-state index contributed by atoms with van der Waals surface area (Å²) in [6.45, 7) is 3.43. The van der Waals surface area contributed by atoms with Crippen LogP contribution in [-0.2, 0) is 13.0 Å². The first-order valence-corrected chi connectivity index (χ1v) is 10.9. The fourth-order valence-electron chi connectivity index (χ4n) is 4.42. The number of aromatic amines is 1. The highest BCUT2D eigenvalue weighted by Crippen LogP contribution is 2.22. The van der Waals surface area contributed by atoms with Gasteiger partial charge in [0.1, 0.15) is 11.6 Å². The van der Waals surface area contributed by atoms with Gasteiger partial charge in [-0.25, -0.2) is 9.18 Å². The molecule has 6 nitrogen and oxygen atoms in total. The third-order valence-corrected chi connectivity index (χ3v) is 6.22. The van der Waals surface area contributed by atoms with Crippen LogP contribution in [0.4, 0.5) is 4.39 Å². The van der Waals surface area contributed by atoms with Crippen LogP contribution in [0.25, 0.3) is 10.9 Å². The van der Waals surface area contributed by atoms with Crippen LogP contribution in [0.3, 0.4) is 0 Å². The van der Waals surface area contributed by atoms with Gasteiger partial charge < -0.3 is 15.0 Å². The molecule has 1 aliphatic heterocycles. The van der Waals surface area contributed by atoms with Gasteiger partial charge in [-0.3, -0.25) is 9.36 Å². The second-order valence-corrected chi connectivity index (χ2v) is 8.44. The topological polar surface area (TPSA) is 78.3 Å². The number of phenols is 1. The van der Waals surface area contributed by atoms with E-state index in [1.165, 1.54) is 40.5 Å². The molecular weight excluding hydrogens is 397 g/mol. The summed E-state index contributed by atoms with van der Waals surface area (Å²) < 4.78 is 14.3. The van der Waals surface area contributed by atoms with E-state index in [0.29, 0.717) is 23.4 Å². The van der Waals surface area contributed by atoms with Crippen molar-refractivity contribution in [3.63, 3.8) is 0 Å². The van der Waals surface area contributed by atoms with Gasteiger partial charge in [0.05, 0.1) is 10.9 Å². The van der Waals surface area contributed by atoms with Crippen molar-refractivity contribution in [2.24, 2.45) is 5.92 Å². The van der Waals surface area contributed by atoms with Crippen molar-refractivity contribution in [1.82, 2.24) is 14.5 Å². The number of aromatic hydroxyl groups is 1. The number of fused-ring (bicyclic) bond motifs is 1. The summed E-state index contributed by atoms with van der Waals surface area (Å²) in [6, 6.07) is 11.2. The Morgan fingerprint density at radius 1 is 1.00 bits per heavy atom. The smallest absolute Gasteiger partial charge is 0.328 e. The monoisotopic (exact) mass is 425 g/mol. The number of aromatic nitrogens is 2. The molecule has 31 heavy (non-hydrogen) atoms. The van der Waals surface area contributed by atoms with Crippen LogP contribution in [0.2, 0.25) is 0 Å². The zero-order chi connectivity index (χ0) is 21.8. The van der Waals surface area contributed by atoms with Crippen molar-refractivity contribution in [2.75, 3.05) is 19.6 Å². The van der Waals surface area contributed by atoms with E-state index in [1.54, 1.807) is 0 Å². The SMILES string of the molecule is O=c1[nH]c2cc(O)ccc2c(=O)n1CCCCN1CCC(Cc2ccc(F)cc2)CC1. The zero-order valence-corrected chi connectivity index (χ0v) is 17.5. The minimum atomic E-state index is -0.440. The Hall–Kier alpha value is -2.93. The molecule has 0 atom stereocenters. The molecular formula is C24H28FN3O3. The van der Waals surface area contributed by atoms with Gasteiger partial charge in [0, 0.05) is 12.6 Å². The van der Waals surface area contributed by atoms with Gasteiger partial charge in [-0.05, 0) is 87.5 Å². The first kappa shape index (κ1) is 21.3. The quantitative estimate of drug-likeness (QED) is 0.570. The van der Waals surface area contributed by atoms with E-state index in [0.717, 1.165) is 51.7 Å². The molecule has 2 heterocycles. The predicted octanol–water partition coefficient (Wildman–Crippen LogP) is 3.27. The summed E-state index contributed by atoms with van der Waals surface area (Å²) in [7, 11) is 0. The van der Waals surface area contributed by atoms with Crippen molar-refractivity contribution < 1.29 is 9.50 Å². The Morgan fingerprint density at radius 2 is 1.71 bits per heavy atom. The molecule has 2 N–H and O–H groups in total. The summed E-state index contributed by atoms with van der Waals surface area (Å²) >= 11 is 0. The highest BCUT2D eigenvalue weighted by atomic mass is 19.1. The molecule has 0 aliphatic carbocycles. The van der Waals surface area contributed by atoms with Gasteiger partial charge in [0.15, 0.2) is 0 Å². The lowest BCUT2D eigenvalue weighted by atomic mass is 9.90. The Labute approximate surface area is 180 Å². The molecule has 0 bridgehead atoms. The number of halogens is 1. The number of phenolic OH excluding ortho intramolecular Hbond substituents is 1. The second kappa shape index (κ2) is 9.47. The molecule has 0 radical (unpaired) electrons. The Balaban J connectivity index is 1.24. The van der Waals surface area contributed by atoms with Crippen molar-refractivity contribution in [1.29, 1.82) is 0 Å². The summed E-state index contributed by atoms with van der Waals surface area (Å²) in [5.74, 6) is 0.462. The summed E-state index contributed by atoms with van der Waals surface area (Å²) in [5, 5.41) is 9.93. The highest BCUT2D eigenvalue weighted by Gasteiger charge is 2.19. The van der Waals surface area contributed by atoms with Crippen molar-refractivity contribution >= 4 is 10.9 Å². The van der Waals surface area contributed by atoms with E-state index in [9.17, 15) is 19.1 Å². The minimum absolute atomic E-state index is 0.0155. The summed E-state index contributed by atoms with van der Waals surface area (Å²) in [4.78, 5) is 30.0. The maximum absolute atomic E-state index is 13.0. The lowest BCUT2D eigenvalue weighted by molar-refractivity contribution is 0.180. The molecule has 2 aromatic carbocycles. The number of benzene rings is 2. The van der Waals surface area contributed by atoms with E-state index in [-0.39, 0.29) is 17.1 Å². The maximum atomic E-state index is 13.0. The Kier molecular flexibility index (Phi) is 6.51. The maximum Gasteiger partial charge on any atom is 0.328 e. The van der Waals surface area contributed by atoms with Gasteiger partial charge in [0.25, 0.3) is 5.56 Å². The lowest BCUT2D eigenvalue weighted by Crippen LogP contribution is -2.36. The van der Waals surface area contributed by atoms with Crippen LogP contribution < -0.4 is 11.2 Å². The molecule has 3 aromatic rings. The first-order valence-electron chi connectivity index (χ1n) is 10.9. The molecule has 1 aromatic heterocycles. The number of likely N-dealkylation sites (tertiary alicyclic amines) is 1. The molecule has 164 valence electrons. The van der Waals surface area contributed by atoms with Crippen LogP contribution in [0.5, 0.6) is 5.75 Å². The zero-order valence-electron chi connectivity index (χ0n) is 17.5. The molecule has 0 spiro atoms. The van der Waals surface area contributed by atoms with Gasteiger partial charge in [0.2, 0.25) is 0 Å². The fourth-order valence-corrected chi connectivity index (χ4v) is 4.42. The number of H-pyrrole nitrogens is 1. The van der Waals surface area contributed by atoms with E-state index in [1.807, 2.05) is 12.1 Å². The van der Waals surface area contributed by atoms with E-state index >= 15 is 0 Å². The summed E-state index contributed by atoms with van der Waals surface area (Å²) in [5.41, 5.74) is 0.793. The minimum Gasteiger partial charge on any atom is -0.508 e. The Bertz CT molecular complexity index is 1150. The van der Waals surface area contributed by atoms with Gasteiger partial charge in [-0.15, -0.1) is 0 Å². The predicted molar refractivity (Wildman–Crippen MR) is 119 cm³/mol. The van der Waals surface area contributed by atoms with Crippen molar-refractivity contribution in [3.8, 4) is 5.75 Å². The van der Waals surface area contributed by atoms with Crippen LogP contribution in [-0.4, -0.2) is 39.2 Å². The standard InChI is InChI=1S/C24H28FN3O3/c25-19-5-3-17(4-6-19)15-18-9-13-27(14-10-18)11-1-2-12-28-23(30)21-8-7-20(29)16-22(21)26-24(28)31/h3-8,16,18,29H,1-2,9-15H2,(H,26,31). The van der Waals surface area contributed by atoms with Crippen molar-refractivity contribution in [2.45, 2.75) is 38.6 Å². The third kappa shape index (κ3) is 5.22. The van der Waals surface area contributed by atoms with Gasteiger partial charge >= 0.3 is 5.69 Å². The number of hydrogen-bond acceptors (Lipinski definition) is 4. The number of nitrogens with one attached hydrogen (secondary N) is 1. The Morgan fingerprint density at radius 3 is 2.45 bits per heavy atom. The number of piperidine rings is 1.